The highest BCUT2D eigenvalue weighted by Gasteiger charge is 2.11. The van der Waals surface area contributed by atoms with E-state index in [2.05, 4.69) is 19.3 Å². The van der Waals surface area contributed by atoms with E-state index >= 15 is 0 Å². The molecule has 0 unspecified atom stereocenters. The average Bonchev–Trinajstić information content (AvgIpc) is 2.60. The largest absolute Gasteiger partial charge is 0.226 e. The number of hydrogen-bond donors (Lipinski definition) is 0. The van der Waals surface area contributed by atoms with Gasteiger partial charge in [0.2, 0.25) is 0 Å². The van der Waals surface area contributed by atoms with Gasteiger partial charge in [-0.2, -0.15) is 4.37 Å². The highest BCUT2D eigenvalue weighted by Crippen LogP contribution is 2.31. The molecule has 2 heterocycles. The molecular weight excluding hydrogens is 264 g/mol. The zero-order valence-electron chi connectivity index (χ0n) is 8.98. The van der Waals surface area contributed by atoms with Gasteiger partial charge < -0.3 is 0 Å². The summed E-state index contributed by atoms with van der Waals surface area (Å²) in [6.07, 6.45) is 0. The molecule has 0 aliphatic rings. The zero-order valence-corrected chi connectivity index (χ0v) is 11.4. The number of hydrogen-bond acceptors (Lipinski definition) is 6. The lowest BCUT2D eigenvalue weighted by atomic mass is 10.4. The van der Waals surface area contributed by atoms with Gasteiger partial charge in [-0.25, -0.2) is 15.0 Å². The minimum atomic E-state index is 0.497. The molecule has 2 aromatic rings. The Morgan fingerprint density at radius 1 is 1.06 bits per heavy atom. The summed E-state index contributed by atoms with van der Waals surface area (Å²) in [5, 5.41) is 1.34. The molecule has 0 N–H and O–H groups in total. The van der Waals surface area contributed by atoms with Gasteiger partial charge >= 0.3 is 0 Å². The molecule has 16 heavy (non-hydrogen) atoms. The Labute approximate surface area is 107 Å². The highest BCUT2D eigenvalue weighted by atomic mass is 35.5. The van der Waals surface area contributed by atoms with Crippen molar-refractivity contribution < 1.29 is 0 Å². The molecule has 4 nitrogen and oxygen atoms in total. The van der Waals surface area contributed by atoms with E-state index in [1.807, 2.05) is 20.8 Å². The summed E-state index contributed by atoms with van der Waals surface area (Å²) in [4.78, 5) is 12.7. The predicted molar refractivity (Wildman–Crippen MR) is 65.3 cm³/mol. The third kappa shape index (κ3) is 2.50. The number of aryl methyl sites for hydroxylation is 2. The van der Waals surface area contributed by atoms with E-state index in [1.54, 1.807) is 0 Å². The molecule has 0 bridgehead atoms. The molecule has 0 spiro atoms. The molecule has 0 aliphatic carbocycles. The third-order valence-corrected chi connectivity index (χ3v) is 4.15. The summed E-state index contributed by atoms with van der Waals surface area (Å²) in [7, 11) is 0. The van der Waals surface area contributed by atoms with Crippen LogP contribution in [-0.2, 0) is 0 Å². The number of nitrogens with zero attached hydrogens (tertiary/aromatic N) is 4. The zero-order chi connectivity index (χ0) is 11.7. The van der Waals surface area contributed by atoms with E-state index in [1.165, 1.54) is 23.3 Å². The highest BCUT2D eigenvalue weighted by molar-refractivity contribution is 8.00. The van der Waals surface area contributed by atoms with Crippen molar-refractivity contribution >= 4 is 34.9 Å². The van der Waals surface area contributed by atoms with E-state index in [4.69, 9.17) is 11.6 Å². The van der Waals surface area contributed by atoms with Crippen molar-refractivity contribution in [1.29, 1.82) is 0 Å². The van der Waals surface area contributed by atoms with Crippen molar-refractivity contribution in [2.24, 2.45) is 0 Å². The van der Waals surface area contributed by atoms with Crippen LogP contribution in [0.5, 0.6) is 0 Å². The van der Waals surface area contributed by atoms with Gasteiger partial charge in [-0.05, 0) is 44.1 Å². The molecule has 0 atom stereocenters. The van der Waals surface area contributed by atoms with E-state index in [9.17, 15) is 0 Å². The maximum absolute atomic E-state index is 5.99. The standard InChI is InChI=1S/C9H9ClN4S2/c1-4-7(10)11-5(2)12-8(4)15-9-13-6(3)14-16-9/h1-3H3. The Morgan fingerprint density at radius 2 is 1.81 bits per heavy atom. The number of halogens is 1. The summed E-state index contributed by atoms with van der Waals surface area (Å²) < 4.78 is 4.99. The first kappa shape index (κ1) is 11.8. The monoisotopic (exact) mass is 272 g/mol. The Balaban J connectivity index is 2.34. The molecule has 2 aromatic heterocycles. The van der Waals surface area contributed by atoms with E-state index in [0.717, 1.165) is 20.8 Å². The molecule has 0 amide bonds. The number of aromatic nitrogens is 4. The van der Waals surface area contributed by atoms with Crippen LogP contribution in [0.2, 0.25) is 5.15 Å². The molecule has 0 saturated carbocycles. The van der Waals surface area contributed by atoms with Gasteiger partial charge in [-0.1, -0.05) is 11.6 Å². The maximum Gasteiger partial charge on any atom is 0.176 e. The van der Waals surface area contributed by atoms with Gasteiger partial charge in [0.15, 0.2) is 4.34 Å². The van der Waals surface area contributed by atoms with Crippen LogP contribution in [0.1, 0.15) is 17.2 Å². The summed E-state index contributed by atoms with van der Waals surface area (Å²) >= 11 is 8.83. The molecule has 0 radical (unpaired) electrons. The SMILES string of the molecule is Cc1nsc(Sc2nc(C)nc(Cl)c2C)n1. The Hall–Kier alpha value is -0.720. The lowest BCUT2D eigenvalue weighted by Gasteiger charge is -2.04. The molecule has 7 heteroatoms. The molecule has 0 saturated heterocycles. The van der Waals surface area contributed by atoms with Crippen molar-refractivity contribution in [2.75, 3.05) is 0 Å². The summed E-state index contributed by atoms with van der Waals surface area (Å²) in [5.41, 5.74) is 0.880. The smallest absolute Gasteiger partial charge is 0.176 e. The Bertz CT molecular complexity index is 526. The maximum atomic E-state index is 5.99. The van der Waals surface area contributed by atoms with Crippen LogP contribution >= 0.6 is 34.9 Å². The molecule has 0 aliphatic heterocycles. The van der Waals surface area contributed by atoms with Gasteiger partial charge in [0.05, 0.1) is 0 Å². The minimum absolute atomic E-state index is 0.497. The normalized spacial score (nSPS) is 10.8. The lowest BCUT2D eigenvalue weighted by Crippen LogP contribution is -1.94. The Morgan fingerprint density at radius 3 is 2.44 bits per heavy atom. The molecule has 84 valence electrons. The van der Waals surface area contributed by atoms with Crippen LogP contribution in [0.3, 0.4) is 0 Å². The van der Waals surface area contributed by atoms with Crippen molar-refractivity contribution in [2.45, 2.75) is 30.1 Å². The van der Waals surface area contributed by atoms with Crippen LogP contribution in [0.15, 0.2) is 9.37 Å². The first-order chi connectivity index (χ1) is 7.56. The Kier molecular flexibility index (Phi) is 3.41. The molecular formula is C9H9ClN4S2. The van der Waals surface area contributed by atoms with Crippen molar-refractivity contribution in [3.63, 3.8) is 0 Å². The molecule has 0 fully saturated rings. The van der Waals surface area contributed by atoms with Gasteiger partial charge in [0.25, 0.3) is 0 Å². The van der Waals surface area contributed by atoms with Crippen LogP contribution in [-0.4, -0.2) is 19.3 Å². The average molecular weight is 273 g/mol. The summed E-state index contributed by atoms with van der Waals surface area (Å²) in [6.45, 7) is 5.59. The fourth-order valence-electron chi connectivity index (χ4n) is 1.07. The van der Waals surface area contributed by atoms with Gasteiger partial charge in [0.1, 0.15) is 21.8 Å². The van der Waals surface area contributed by atoms with Gasteiger partial charge in [-0.15, -0.1) is 0 Å². The summed E-state index contributed by atoms with van der Waals surface area (Å²) in [6, 6.07) is 0. The fourth-order valence-corrected chi connectivity index (χ4v) is 3.03. The second-order valence-electron chi connectivity index (χ2n) is 3.20. The lowest BCUT2D eigenvalue weighted by molar-refractivity contribution is 0.937. The third-order valence-electron chi connectivity index (χ3n) is 1.85. The van der Waals surface area contributed by atoms with Crippen molar-refractivity contribution in [3.05, 3.63) is 22.4 Å². The topological polar surface area (TPSA) is 51.6 Å². The van der Waals surface area contributed by atoms with Crippen LogP contribution in [0.25, 0.3) is 0 Å². The van der Waals surface area contributed by atoms with E-state index < -0.39 is 0 Å². The summed E-state index contributed by atoms with van der Waals surface area (Å²) in [5.74, 6) is 1.45. The predicted octanol–water partition coefficient (Wildman–Crippen LogP) is 3.06. The van der Waals surface area contributed by atoms with E-state index in [-0.39, 0.29) is 0 Å². The number of rotatable bonds is 2. The van der Waals surface area contributed by atoms with Crippen molar-refractivity contribution in [1.82, 2.24) is 19.3 Å². The molecule has 2 rings (SSSR count). The first-order valence-corrected chi connectivity index (χ1v) is 6.52. The van der Waals surface area contributed by atoms with Crippen LogP contribution < -0.4 is 0 Å². The first-order valence-electron chi connectivity index (χ1n) is 4.55. The minimum Gasteiger partial charge on any atom is -0.226 e. The molecule has 0 aromatic carbocycles. The van der Waals surface area contributed by atoms with Crippen LogP contribution in [0.4, 0.5) is 0 Å². The van der Waals surface area contributed by atoms with Crippen LogP contribution in [0, 0.1) is 20.8 Å². The van der Waals surface area contributed by atoms with Crippen molar-refractivity contribution in [3.8, 4) is 0 Å². The second-order valence-corrected chi connectivity index (χ2v) is 5.55. The quantitative estimate of drug-likeness (QED) is 0.787. The van der Waals surface area contributed by atoms with E-state index in [0.29, 0.717) is 11.0 Å². The second kappa shape index (κ2) is 4.65. The van der Waals surface area contributed by atoms with Gasteiger partial charge in [-0.3, -0.25) is 0 Å². The fraction of sp³-hybridized carbons (Fsp3) is 0.333. The van der Waals surface area contributed by atoms with Gasteiger partial charge in [0, 0.05) is 5.56 Å².